The summed E-state index contributed by atoms with van der Waals surface area (Å²) in [6.07, 6.45) is 3.62. The lowest BCUT2D eigenvalue weighted by atomic mass is 10.1. The van der Waals surface area contributed by atoms with E-state index >= 15 is 0 Å². The zero-order chi connectivity index (χ0) is 12.8. The molecule has 3 heteroatoms. The fourth-order valence-corrected chi connectivity index (χ4v) is 3.18. The lowest BCUT2D eigenvalue weighted by molar-refractivity contribution is -0.129. The number of rotatable bonds is 4. The molecule has 2 nitrogen and oxygen atoms in total. The van der Waals surface area contributed by atoms with Gasteiger partial charge < -0.3 is 4.90 Å². The molecule has 1 aromatic rings. The van der Waals surface area contributed by atoms with Crippen molar-refractivity contribution in [2.24, 2.45) is 0 Å². The third kappa shape index (κ3) is 3.77. The van der Waals surface area contributed by atoms with Crippen molar-refractivity contribution in [1.29, 1.82) is 0 Å². The van der Waals surface area contributed by atoms with Crippen molar-refractivity contribution in [1.82, 2.24) is 4.90 Å². The highest BCUT2D eigenvalue weighted by Crippen LogP contribution is 2.28. The molecule has 1 fully saturated rings. The number of likely N-dealkylation sites (tertiary alicyclic amines) is 1. The van der Waals surface area contributed by atoms with Gasteiger partial charge in [0.15, 0.2) is 0 Å². The van der Waals surface area contributed by atoms with Crippen LogP contribution < -0.4 is 0 Å². The molecule has 98 valence electrons. The molecule has 0 bridgehead atoms. The quantitative estimate of drug-likeness (QED) is 0.828. The monoisotopic (exact) mass is 263 g/mol. The Morgan fingerprint density at radius 1 is 1.22 bits per heavy atom. The fraction of sp³-hybridized carbons (Fsp3) is 0.533. The first kappa shape index (κ1) is 13.5. The van der Waals surface area contributed by atoms with Crippen molar-refractivity contribution < 1.29 is 4.79 Å². The van der Waals surface area contributed by atoms with Crippen LogP contribution in [0.2, 0.25) is 0 Å². The van der Waals surface area contributed by atoms with Crippen LogP contribution in [-0.4, -0.2) is 29.6 Å². The molecule has 0 saturated carbocycles. The van der Waals surface area contributed by atoms with Crippen molar-refractivity contribution in [3.05, 3.63) is 35.9 Å². The average molecular weight is 263 g/mol. The molecule has 1 atom stereocenters. The summed E-state index contributed by atoms with van der Waals surface area (Å²) in [7, 11) is 0. The second kappa shape index (κ2) is 6.83. The van der Waals surface area contributed by atoms with Gasteiger partial charge in [-0.25, -0.2) is 0 Å². The van der Waals surface area contributed by atoms with Gasteiger partial charge in [0.2, 0.25) is 5.91 Å². The molecule has 1 aromatic carbocycles. The maximum Gasteiger partial charge on any atom is 0.232 e. The molecule has 1 aliphatic rings. The van der Waals surface area contributed by atoms with Gasteiger partial charge in [0.1, 0.15) is 0 Å². The first-order valence-corrected chi connectivity index (χ1v) is 7.76. The van der Waals surface area contributed by atoms with E-state index in [1.54, 1.807) is 11.8 Å². The summed E-state index contributed by atoms with van der Waals surface area (Å²) in [4.78, 5) is 14.1. The van der Waals surface area contributed by atoms with Crippen LogP contribution in [-0.2, 0) is 4.79 Å². The number of piperidine rings is 1. The van der Waals surface area contributed by atoms with Gasteiger partial charge in [-0.05, 0) is 31.7 Å². The smallest absolute Gasteiger partial charge is 0.232 e. The van der Waals surface area contributed by atoms with Crippen LogP contribution in [0.1, 0.15) is 37.0 Å². The molecular formula is C15H21NOS. The van der Waals surface area contributed by atoms with Gasteiger partial charge in [-0.3, -0.25) is 4.79 Å². The van der Waals surface area contributed by atoms with Gasteiger partial charge in [0.05, 0.1) is 5.75 Å². The Morgan fingerprint density at radius 2 is 1.89 bits per heavy atom. The van der Waals surface area contributed by atoms with Gasteiger partial charge in [0, 0.05) is 18.3 Å². The van der Waals surface area contributed by atoms with Gasteiger partial charge in [-0.1, -0.05) is 30.3 Å². The van der Waals surface area contributed by atoms with Crippen molar-refractivity contribution in [2.75, 3.05) is 18.8 Å². The van der Waals surface area contributed by atoms with Gasteiger partial charge in [-0.15, -0.1) is 11.8 Å². The van der Waals surface area contributed by atoms with E-state index in [9.17, 15) is 4.79 Å². The Hall–Kier alpha value is -0.960. The summed E-state index contributed by atoms with van der Waals surface area (Å²) < 4.78 is 0. The Bertz CT molecular complexity index is 373. The third-order valence-corrected chi connectivity index (χ3v) is 4.62. The minimum absolute atomic E-state index is 0.308. The SMILES string of the molecule is CC(SCC(=O)N1CCCCC1)c1ccccc1. The normalized spacial score (nSPS) is 17.5. The zero-order valence-electron chi connectivity index (χ0n) is 11.0. The molecule has 0 N–H and O–H groups in total. The summed E-state index contributed by atoms with van der Waals surface area (Å²) in [5.74, 6) is 0.915. The maximum atomic E-state index is 12.0. The summed E-state index contributed by atoms with van der Waals surface area (Å²) in [6.45, 7) is 4.09. The molecular weight excluding hydrogens is 242 g/mol. The van der Waals surface area contributed by atoms with Crippen molar-refractivity contribution >= 4 is 17.7 Å². The highest BCUT2D eigenvalue weighted by molar-refractivity contribution is 8.00. The molecule has 1 heterocycles. The molecule has 1 saturated heterocycles. The summed E-state index contributed by atoms with van der Waals surface area (Å²) >= 11 is 1.74. The van der Waals surface area contributed by atoms with Crippen LogP contribution in [0.3, 0.4) is 0 Å². The second-order valence-electron chi connectivity index (χ2n) is 4.81. The van der Waals surface area contributed by atoms with E-state index in [0.29, 0.717) is 16.9 Å². The summed E-state index contributed by atoms with van der Waals surface area (Å²) in [5.41, 5.74) is 1.30. The van der Waals surface area contributed by atoms with E-state index in [4.69, 9.17) is 0 Å². The fourth-order valence-electron chi connectivity index (χ4n) is 2.25. The van der Waals surface area contributed by atoms with E-state index in [1.807, 2.05) is 11.0 Å². The Labute approximate surface area is 114 Å². The Kier molecular flexibility index (Phi) is 5.12. The predicted molar refractivity (Wildman–Crippen MR) is 77.7 cm³/mol. The largest absolute Gasteiger partial charge is 0.342 e. The standard InChI is InChI=1S/C15H21NOS/c1-13(14-8-4-2-5-9-14)18-12-15(17)16-10-6-3-7-11-16/h2,4-5,8-9,13H,3,6-7,10-12H2,1H3. The van der Waals surface area contributed by atoms with E-state index in [1.165, 1.54) is 24.8 Å². The number of hydrogen-bond acceptors (Lipinski definition) is 2. The zero-order valence-corrected chi connectivity index (χ0v) is 11.8. The maximum absolute atomic E-state index is 12.0. The topological polar surface area (TPSA) is 20.3 Å². The minimum atomic E-state index is 0.308. The molecule has 0 aliphatic carbocycles. The molecule has 1 unspecified atom stereocenters. The molecule has 0 aromatic heterocycles. The molecule has 2 rings (SSSR count). The molecule has 1 aliphatic heterocycles. The summed E-state index contributed by atoms with van der Waals surface area (Å²) in [6, 6.07) is 10.4. The van der Waals surface area contributed by atoms with Crippen molar-refractivity contribution in [3.8, 4) is 0 Å². The van der Waals surface area contributed by atoms with Gasteiger partial charge in [-0.2, -0.15) is 0 Å². The lowest BCUT2D eigenvalue weighted by Crippen LogP contribution is -2.36. The number of nitrogens with zero attached hydrogens (tertiary/aromatic N) is 1. The molecule has 1 amide bonds. The molecule has 0 radical (unpaired) electrons. The number of benzene rings is 1. The first-order chi connectivity index (χ1) is 8.77. The minimum Gasteiger partial charge on any atom is -0.342 e. The van der Waals surface area contributed by atoms with Gasteiger partial charge >= 0.3 is 0 Å². The van der Waals surface area contributed by atoms with E-state index in [-0.39, 0.29) is 0 Å². The van der Waals surface area contributed by atoms with Crippen LogP contribution in [0.15, 0.2) is 30.3 Å². The highest BCUT2D eigenvalue weighted by atomic mass is 32.2. The predicted octanol–water partition coefficient (Wildman–Crippen LogP) is 3.49. The molecule has 0 spiro atoms. The number of carbonyl (C=O) groups excluding carboxylic acids is 1. The number of thioether (sulfide) groups is 1. The highest BCUT2D eigenvalue weighted by Gasteiger charge is 2.17. The average Bonchev–Trinajstić information content (AvgIpc) is 2.46. The Morgan fingerprint density at radius 3 is 2.56 bits per heavy atom. The number of hydrogen-bond donors (Lipinski definition) is 0. The van der Waals surface area contributed by atoms with E-state index in [0.717, 1.165) is 13.1 Å². The third-order valence-electron chi connectivity index (χ3n) is 3.43. The van der Waals surface area contributed by atoms with Crippen molar-refractivity contribution in [2.45, 2.75) is 31.4 Å². The molecule has 18 heavy (non-hydrogen) atoms. The Balaban J connectivity index is 1.78. The lowest BCUT2D eigenvalue weighted by Gasteiger charge is -2.27. The number of carbonyl (C=O) groups is 1. The van der Waals surface area contributed by atoms with Crippen LogP contribution in [0.5, 0.6) is 0 Å². The van der Waals surface area contributed by atoms with Crippen LogP contribution in [0.4, 0.5) is 0 Å². The first-order valence-electron chi connectivity index (χ1n) is 6.71. The van der Waals surface area contributed by atoms with Gasteiger partial charge in [0.25, 0.3) is 0 Å². The van der Waals surface area contributed by atoms with Crippen LogP contribution in [0.25, 0.3) is 0 Å². The van der Waals surface area contributed by atoms with E-state index in [2.05, 4.69) is 31.2 Å². The van der Waals surface area contributed by atoms with Crippen molar-refractivity contribution in [3.63, 3.8) is 0 Å². The number of amides is 1. The van der Waals surface area contributed by atoms with Crippen LogP contribution >= 0.6 is 11.8 Å². The summed E-state index contributed by atoms with van der Waals surface area (Å²) in [5, 5.41) is 0.389. The van der Waals surface area contributed by atoms with E-state index < -0.39 is 0 Å². The second-order valence-corrected chi connectivity index (χ2v) is 6.13. The van der Waals surface area contributed by atoms with Crippen LogP contribution in [0, 0.1) is 0 Å².